The minimum atomic E-state index is -3.96. The van der Waals surface area contributed by atoms with Gasteiger partial charge in [-0.1, -0.05) is 18.2 Å². The number of amides is 1. The van der Waals surface area contributed by atoms with Gasteiger partial charge in [-0.25, -0.2) is 13.4 Å². The van der Waals surface area contributed by atoms with E-state index in [2.05, 4.69) is 10.3 Å². The predicted octanol–water partition coefficient (Wildman–Crippen LogP) is 2.14. The third kappa shape index (κ3) is 3.73. The first-order chi connectivity index (χ1) is 14.6. The van der Waals surface area contributed by atoms with Crippen LogP contribution >= 0.6 is 23.1 Å². The molecular formula is C19H20N4O5S3. The minimum absolute atomic E-state index is 0.0521. The summed E-state index contributed by atoms with van der Waals surface area (Å²) in [5, 5.41) is 12.8. The molecule has 2 aliphatic rings. The van der Waals surface area contributed by atoms with Crippen molar-refractivity contribution in [2.75, 3.05) is 17.6 Å². The summed E-state index contributed by atoms with van der Waals surface area (Å²) in [6.07, 6.45) is 1.79. The van der Waals surface area contributed by atoms with E-state index < -0.39 is 31.9 Å². The van der Waals surface area contributed by atoms with E-state index in [-0.39, 0.29) is 18.1 Å². The fourth-order valence-corrected chi connectivity index (χ4v) is 8.04. The van der Waals surface area contributed by atoms with Gasteiger partial charge in [-0.2, -0.15) is 4.31 Å². The third-order valence-corrected chi connectivity index (χ3v) is 10.3. The van der Waals surface area contributed by atoms with E-state index in [4.69, 9.17) is 5.73 Å². The van der Waals surface area contributed by atoms with Gasteiger partial charge in [0, 0.05) is 24.4 Å². The van der Waals surface area contributed by atoms with Crippen molar-refractivity contribution in [2.45, 2.75) is 29.9 Å². The number of carbonyl (C=O) groups is 2. The number of carboxylic acid groups (broad SMARTS) is 1. The van der Waals surface area contributed by atoms with Gasteiger partial charge in [0.05, 0.1) is 17.1 Å². The second-order valence-corrected chi connectivity index (χ2v) is 11.8. The molecule has 1 aromatic carbocycles. The number of hydrogen-bond acceptors (Lipinski definition) is 8. The van der Waals surface area contributed by atoms with E-state index in [0.717, 1.165) is 23.1 Å². The average molecular weight is 481 g/mol. The molecule has 0 fully saturated rings. The first kappa shape index (κ1) is 21.8. The quantitative estimate of drug-likeness (QED) is 0.553. The standard InChI is InChI=1S/C19H20N4O5S3/c1-19(7-9-29-15(19)18(25)26)31(27,28)23-8-6-13-14(10-23)30-17(22-13)16(24)21-12-5-3-2-4-11(12)20/h2-5,7,9,15H,6,8,10,20H2,1H3,(H,21,24)(H,25,26). The Kier molecular flexibility index (Phi) is 5.58. The summed E-state index contributed by atoms with van der Waals surface area (Å²) in [6, 6.07) is 6.87. The molecule has 4 rings (SSSR count). The first-order valence-electron chi connectivity index (χ1n) is 9.33. The Bertz CT molecular complexity index is 1190. The van der Waals surface area contributed by atoms with Crippen LogP contribution in [0.5, 0.6) is 0 Å². The van der Waals surface area contributed by atoms with Crippen molar-refractivity contribution in [3.63, 3.8) is 0 Å². The topological polar surface area (TPSA) is 143 Å². The number of thioether (sulfide) groups is 1. The maximum atomic E-state index is 13.3. The normalized spacial score (nSPS) is 23.5. The number of fused-ring (bicyclic) bond motifs is 1. The number of nitrogen functional groups attached to an aromatic ring is 1. The van der Waals surface area contributed by atoms with Crippen LogP contribution in [0.25, 0.3) is 0 Å². The molecule has 2 atom stereocenters. The second-order valence-electron chi connectivity index (χ2n) is 7.36. The lowest BCUT2D eigenvalue weighted by Crippen LogP contribution is -2.53. The second kappa shape index (κ2) is 7.93. The van der Waals surface area contributed by atoms with Crippen molar-refractivity contribution >= 4 is 56.4 Å². The summed E-state index contributed by atoms with van der Waals surface area (Å²) >= 11 is 2.11. The van der Waals surface area contributed by atoms with Gasteiger partial charge in [-0.15, -0.1) is 23.1 Å². The fraction of sp³-hybridized carbons (Fsp3) is 0.316. The highest BCUT2D eigenvalue weighted by Gasteiger charge is 2.53. The van der Waals surface area contributed by atoms with Crippen LogP contribution in [-0.4, -0.2) is 51.2 Å². The van der Waals surface area contributed by atoms with Crippen molar-refractivity contribution in [1.29, 1.82) is 0 Å². The molecule has 9 nitrogen and oxygen atoms in total. The van der Waals surface area contributed by atoms with Gasteiger partial charge < -0.3 is 16.2 Å². The van der Waals surface area contributed by atoms with E-state index in [1.165, 1.54) is 22.7 Å². The lowest BCUT2D eigenvalue weighted by atomic mass is 10.1. The largest absolute Gasteiger partial charge is 0.480 e. The lowest BCUT2D eigenvalue weighted by molar-refractivity contribution is -0.136. The number of carbonyl (C=O) groups excluding carboxylic acids is 1. The maximum Gasteiger partial charge on any atom is 0.318 e. The summed E-state index contributed by atoms with van der Waals surface area (Å²) in [7, 11) is -3.96. The monoisotopic (exact) mass is 480 g/mol. The van der Waals surface area contributed by atoms with Crippen LogP contribution in [0.2, 0.25) is 0 Å². The molecule has 0 radical (unpaired) electrons. The first-order valence-corrected chi connectivity index (χ1v) is 12.5. The summed E-state index contributed by atoms with van der Waals surface area (Å²) < 4.78 is 26.4. The summed E-state index contributed by atoms with van der Waals surface area (Å²) in [5.41, 5.74) is 7.44. The Balaban J connectivity index is 1.55. The number of sulfonamides is 1. The Morgan fingerprint density at radius 3 is 2.81 bits per heavy atom. The molecule has 4 N–H and O–H groups in total. The molecule has 12 heteroatoms. The van der Waals surface area contributed by atoms with Gasteiger partial charge in [0.2, 0.25) is 10.0 Å². The molecule has 2 aromatic rings. The number of nitrogens with zero attached hydrogens (tertiary/aromatic N) is 2. The zero-order chi connectivity index (χ0) is 22.4. The number of nitrogens with one attached hydrogen (secondary N) is 1. The molecule has 0 bridgehead atoms. The number of hydrogen-bond donors (Lipinski definition) is 3. The molecule has 0 aliphatic carbocycles. The summed E-state index contributed by atoms with van der Waals surface area (Å²) in [4.78, 5) is 29.3. The number of para-hydroxylation sites is 2. The zero-order valence-corrected chi connectivity index (χ0v) is 18.9. The van der Waals surface area contributed by atoms with E-state index in [1.807, 2.05) is 0 Å². The van der Waals surface area contributed by atoms with E-state index in [1.54, 1.807) is 24.3 Å². The van der Waals surface area contributed by atoms with Crippen LogP contribution in [0.4, 0.5) is 11.4 Å². The SMILES string of the molecule is CC1(S(=O)(=O)N2CCc3nc(C(=O)Nc4ccccc4N)sc3C2)C=CSC1C(=O)O. The van der Waals surface area contributed by atoms with Crippen LogP contribution in [0.3, 0.4) is 0 Å². The highest BCUT2D eigenvalue weighted by atomic mass is 32.2. The minimum Gasteiger partial charge on any atom is -0.480 e. The molecule has 2 aliphatic heterocycles. The molecular weight excluding hydrogens is 460 g/mol. The van der Waals surface area contributed by atoms with Crippen molar-refractivity contribution in [1.82, 2.24) is 9.29 Å². The molecule has 164 valence electrons. The number of rotatable bonds is 5. The number of thiazole rings is 1. The number of aromatic nitrogens is 1. The van der Waals surface area contributed by atoms with E-state index >= 15 is 0 Å². The van der Waals surface area contributed by atoms with Gasteiger partial charge in [-0.05, 0) is 24.5 Å². The predicted molar refractivity (Wildman–Crippen MR) is 121 cm³/mol. The Labute approximate surface area is 187 Å². The fourth-order valence-electron chi connectivity index (χ4n) is 3.54. The van der Waals surface area contributed by atoms with Gasteiger partial charge in [-0.3, -0.25) is 9.59 Å². The number of benzene rings is 1. The Morgan fingerprint density at radius 1 is 1.35 bits per heavy atom. The van der Waals surface area contributed by atoms with Gasteiger partial charge in [0.1, 0.15) is 10.00 Å². The number of carboxylic acids is 1. The van der Waals surface area contributed by atoms with Gasteiger partial charge in [0.25, 0.3) is 5.91 Å². The van der Waals surface area contributed by atoms with Crippen LogP contribution in [0.15, 0.2) is 35.7 Å². The van der Waals surface area contributed by atoms with E-state index in [9.17, 15) is 23.1 Å². The summed E-state index contributed by atoms with van der Waals surface area (Å²) in [5.74, 6) is -1.59. The summed E-state index contributed by atoms with van der Waals surface area (Å²) in [6.45, 7) is 1.66. The number of aliphatic carboxylic acids is 1. The molecule has 3 heterocycles. The van der Waals surface area contributed by atoms with Crippen molar-refractivity contribution < 1.29 is 23.1 Å². The van der Waals surface area contributed by atoms with Gasteiger partial charge in [0.15, 0.2) is 5.01 Å². The van der Waals surface area contributed by atoms with Gasteiger partial charge >= 0.3 is 5.97 Å². The zero-order valence-electron chi connectivity index (χ0n) is 16.4. The molecule has 0 saturated heterocycles. The molecule has 2 unspecified atom stereocenters. The molecule has 1 amide bonds. The average Bonchev–Trinajstić information content (AvgIpc) is 3.33. The van der Waals surface area contributed by atoms with Crippen molar-refractivity contribution in [2.24, 2.45) is 0 Å². The highest BCUT2D eigenvalue weighted by Crippen LogP contribution is 2.42. The maximum absolute atomic E-state index is 13.3. The van der Waals surface area contributed by atoms with Crippen LogP contribution in [0.1, 0.15) is 27.3 Å². The van der Waals surface area contributed by atoms with Crippen molar-refractivity contribution in [3.05, 3.63) is 51.3 Å². The Morgan fingerprint density at radius 2 is 2.10 bits per heavy atom. The highest BCUT2D eigenvalue weighted by molar-refractivity contribution is 8.05. The number of anilines is 2. The number of nitrogens with two attached hydrogens (primary N) is 1. The van der Waals surface area contributed by atoms with E-state index in [0.29, 0.717) is 28.4 Å². The van der Waals surface area contributed by atoms with Crippen LogP contribution in [0, 0.1) is 0 Å². The Hall–Kier alpha value is -2.41. The van der Waals surface area contributed by atoms with Crippen LogP contribution < -0.4 is 11.1 Å². The van der Waals surface area contributed by atoms with Crippen molar-refractivity contribution in [3.8, 4) is 0 Å². The molecule has 0 spiro atoms. The molecule has 0 saturated carbocycles. The smallest absolute Gasteiger partial charge is 0.318 e. The molecule has 1 aromatic heterocycles. The lowest BCUT2D eigenvalue weighted by Gasteiger charge is -2.35. The van der Waals surface area contributed by atoms with Crippen LogP contribution in [-0.2, 0) is 27.8 Å². The molecule has 31 heavy (non-hydrogen) atoms. The third-order valence-electron chi connectivity index (χ3n) is 5.35.